The van der Waals surface area contributed by atoms with Crippen molar-refractivity contribution in [3.63, 3.8) is 0 Å². The van der Waals surface area contributed by atoms with Crippen LogP contribution < -0.4 is 4.74 Å². The monoisotopic (exact) mass is 517 g/mol. The fourth-order valence-corrected chi connectivity index (χ4v) is 6.48. The molecule has 0 amide bonds. The van der Waals surface area contributed by atoms with Crippen LogP contribution in [0.1, 0.15) is 18.4 Å². The number of aliphatic carboxylic acids is 1. The van der Waals surface area contributed by atoms with Crippen LogP contribution in [0, 0.1) is 0 Å². The van der Waals surface area contributed by atoms with Crippen LogP contribution in [0.2, 0.25) is 0 Å². The second-order valence-corrected chi connectivity index (χ2v) is 10.2. The van der Waals surface area contributed by atoms with E-state index in [9.17, 15) is 27.1 Å². The first-order valence-electron chi connectivity index (χ1n) is 11.2. The van der Waals surface area contributed by atoms with Gasteiger partial charge in [0.2, 0.25) is 10.0 Å². The van der Waals surface area contributed by atoms with Crippen molar-refractivity contribution in [1.29, 1.82) is 0 Å². The summed E-state index contributed by atoms with van der Waals surface area (Å²) in [6, 6.07) is 21.3. The topological polar surface area (TPSA) is 93.1 Å². The van der Waals surface area contributed by atoms with Gasteiger partial charge in [-0.1, -0.05) is 60.7 Å². The molecule has 0 spiro atoms. The third kappa shape index (κ3) is 4.71. The molecule has 10 heteroatoms. The van der Waals surface area contributed by atoms with Crippen molar-refractivity contribution in [2.75, 3.05) is 13.7 Å². The van der Waals surface area contributed by atoms with Gasteiger partial charge >= 0.3 is 12.6 Å². The third-order valence-corrected chi connectivity index (χ3v) is 8.35. The highest BCUT2D eigenvalue weighted by molar-refractivity contribution is 7.89. The van der Waals surface area contributed by atoms with E-state index in [-0.39, 0.29) is 17.7 Å². The van der Waals surface area contributed by atoms with E-state index in [0.29, 0.717) is 11.3 Å². The fourth-order valence-electron chi connectivity index (χ4n) is 4.70. The van der Waals surface area contributed by atoms with Crippen molar-refractivity contribution in [3.05, 3.63) is 84.4 Å². The predicted molar refractivity (Wildman–Crippen MR) is 128 cm³/mol. The van der Waals surface area contributed by atoms with Gasteiger partial charge in [0, 0.05) is 5.56 Å². The number of carbonyl (C=O) groups is 1. The number of hydrogen-bond acceptors (Lipinski definition) is 5. The first-order chi connectivity index (χ1) is 17.2. The summed E-state index contributed by atoms with van der Waals surface area (Å²) >= 11 is 0. The second kappa shape index (κ2) is 10.3. The maximum atomic E-state index is 13.7. The van der Waals surface area contributed by atoms with E-state index in [0.717, 1.165) is 15.4 Å². The summed E-state index contributed by atoms with van der Waals surface area (Å²) < 4.78 is 65.1. The van der Waals surface area contributed by atoms with Gasteiger partial charge in [-0.15, -0.1) is 0 Å². The molecule has 3 aromatic carbocycles. The Labute approximate surface area is 207 Å². The van der Waals surface area contributed by atoms with E-state index < -0.39 is 40.8 Å². The molecular formula is C26H25F2NO6S. The standard InChI is InChI=1S/C26H25F2NO6S/c1-34-22-10-6-5-9-21(22)18-11-13-19(14-12-18)26(16-15-23(26)35-25(27)28)29(17-24(30)31)36(32,33)20-7-3-2-4-8-20/h2-14,23,25H,15-17H2,1H3,(H,30,31). The van der Waals surface area contributed by atoms with Gasteiger partial charge in [0.15, 0.2) is 0 Å². The minimum absolute atomic E-state index is 0.109. The zero-order chi connectivity index (χ0) is 25.9. The van der Waals surface area contributed by atoms with Crippen LogP contribution in [0.25, 0.3) is 11.1 Å². The van der Waals surface area contributed by atoms with Gasteiger partial charge in [-0.3, -0.25) is 4.79 Å². The smallest absolute Gasteiger partial charge is 0.345 e. The molecule has 0 bridgehead atoms. The first-order valence-corrected chi connectivity index (χ1v) is 12.6. The zero-order valence-corrected chi connectivity index (χ0v) is 20.2. The molecule has 1 fully saturated rings. The number of ether oxygens (including phenoxy) is 2. The number of nitrogens with zero attached hydrogens (tertiary/aromatic N) is 1. The van der Waals surface area contributed by atoms with Crippen LogP contribution >= 0.6 is 0 Å². The maximum Gasteiger partial charge on any atom is 0.345 e. The third-order valence-electron chi connectivity index (χ3n) is 6.45. The SMILES string of the molecule is COc1ccccc1-c1ccc(C2(N(CC(=O)O)S(=O)(=O)c3ccccc3)CCC2OC(F)F)cc1. The van der Waals surface area contributed by atoms with Crippen molar-refractivity contribution >= 4 is 16.0 Å². The summed E-state index contributed by atoms with van der Waals surface area (Å²) in [7, 11) is -2.85. The molecule has 0 heterocycles. The summed E-state index contributed by atoms with van der Waals surface area (Å²) in [5.41, 5.74) is 0.267. The number of rotatable bonds is 10. The van der Waals surface area contributed by atoms with E-state index in [1.54, 1.807) is 43.5 Å². The number of methoxy groups -OCH3 is 1. The Bertz CT molecular complexity index is 1320. The van der Waals surface area contributed by atoms with Gasteiger partial charge < -0.3 is 14.6 Å². The summed E-state index contributed by atoms with van der Waals surface area (Å²) in [4.78, 5) is 11.7. The number of benzene rings is 3. The summed E-state index contributed by atoms with van der Waals surface area (Å²) in [6.45, 7) is -4.08. The van der Waals surface area contributed by atoms with E-state index in [2.05, 4.69) is 0 Å². The lowest BCUT2D eigenvalue weighted by molar-refractivity contribution is -0.226. The Morgan fingerprint density at radius 3 is 2.25 bits per heavy atom. The highest BCUT2D eigenvalue weighted by atomic mass is 32.2. The average molecular weight is 518 g/mol. The predicted octanol–water partition coefficient (Wildman–Crippen LogP) is 4.73. The summed E-state index contributed by atoms with van der Waals surface area (Å²) in [5, 5.41) is 9.63. The van der Waals surface area contributed by atoms with Crippen molar-refractivity contribution in [2.24, 2.45) is 0 Å². The Morgan fingerprint density at radius 1 is 1.06 bits per heavy atom. The molecule has 0 aromatic heterocycles. The van der Waals surface area contributed by atoms with Crippen molar-refractivity contribution in [2.45, 2.75) is 36.0 Å². The molecule has 2 atom stereocenters. The van der Waals surface area contributed by atoms with Crippen molar-refractivity contribution < 1.29 is 36.6 Å². The van der Waals surface area contributed by atoms with Gasteiger partial charge in [0.05, 0.1) is 23.6 Å². The first kappa shape index (κ1) is 25.7. The van der Waals surface area contributed by atoms with Gasteiger partial charge in [-0.25, -0.2) is 8.42 Å². The molecule has 1 N–H and O–H groups in total. The zero-order valence-electron chi connectivity index (χ0n) is 19.4. The molecule has 1 aliphatic carbocycles. The van der Waals surface area contributed by atoms with E-state index >= 15 is 0 Å². The molecular weight excluding hydrogens is 492 g/mol. The average Bonchev–Trinajstić information content (AvgIpc) is 2.87. The molecule has 4 rings (SSSR count). The van der Waals surface area contributed by atoms with Gasteiger partial charge in [-0.2, -0.15) is 13.1 Å². The number of sulfonamides is 1. The molecule has 0 radical (unpaired) electrons. The highest BCUT2D eigenvalue weighted by Gasteiger charge is 2.58. The molecule has 0 aliphatic heterocycles. The van der Waals surface area contributed by atoms with Crippen LogP contribution in [0.15, 0.2) is 83.8 Å². The minimum atomic E-state index is -4.40. The second-order valence-electron chi connectivity index (χ2n) is 8.34. The number of hydrogen-bond donors (Lipinski definition) is 1. The molecule has 7 nitrogen and oxygen atoms in total. The Morgan fingerprint density at radius 2 is 1.69 bits per heavy atom. The summed E-state index contributed by atoms with van der Waals surface area (Å²) in [5.74, 6) is -0.788. The van der Waals surface area contributed by atoms with Crippen molar-refractivity contribution in [3.8, 4) is 16.9 Å². The Kier molecular flexibility index (Phi) is 7.39. The van der Waals surface area contributed by atoms with Crippen LogP contribution in [0.4, 0.5) is 8.78 Å². The van der Waals surface area contributed by atoms with E-state index in [1.807, 2.05) is 18.2 Å². The van der Waals surface area contributed by atoms with Crippen LogP contribution in [0.3, 0.4) is 0 Å². The number of alkyl halides is 2. The highest BCUT2D eigenvalue weighted by Crippen LogP contribution is 2.51. The molecule has 2 unspecified atom stereocenters. The molecule has 3 aromatic rings. The van der Waals surface area contributed by atoms with Crippen LogP contribution in [-0.2, 0) is 25.1 Å². The van der Waals surface area contributed by atoms with Crippen molar-refractivity contribution in [1.82, 2.24) is 4.31 Å². The maximum absolute atomic E-state index is 13.7. The molecule has 190 valence electrons. The Hall–Kier alpha value is -3.34. The number of halogens is 2. The number of carboxylic acid groups (broad SMARTS) is 1. The fraction of sp³-hybridized carbons (Fsp3) is 0.269. The van der Waals surface area contributed by atoms with Crippen LogP contribution in [-0.4, -0.2) is 50.2 Å². The summed E-state index contributed by atoms with van der Waals surface area (Å²) in [6.07, 6.45) is -0.996. The normalized spacial score (nSPS) is 19.8. The number of carboxylic acids is 1. The Balaban J connectivity index is 1.85. The van der Waals surface area contributed by atoms with Gasteiger partial charge in [0.1, 0.15) is 12.3 Å². The lowest BCUT2D eigenvalue weighted by Crippen LogP contribution is -2.64. The minimum Gasteiger partial charge on any atom is -0.496 e. The lowest BCUT2D eigenvalue weighted by atomic mass is 9.68. The van der Waals surface area contributed by atoms with E-state index in [4.69, 9.17) is 9.47 Å². The molecule has 36 heavy (non-hydrogen) atoms. The lowest BCUT2D eigenvalue weighted by Gasteiger charge is -2.54. The van der Waals surface area contributed by atoms with Gasteiger partial charge in [-0.05, 0) is 42.2 Å². The molecule has 1 saturated carbocycles. The van der Waals surface area contributed by atoms with Crippen LogP contribution in [0.5, 0.6) is 5.75 Å². The largest absolute Gasteiger partial charge is 0.496 e. The van der Waals surface area contributed by atoms with E-state index in [1.165, 1.54) is 24.3 Å². The quantitative estimate of drug-likeness (QED) is 0.418. The molecule has 0 saturated heterocycles. The van der Waals surface area contributed by atoms with Gasteiger partial charge in [0.25, 0.3) is 0 Å². The molecule has 1 aliphatic rings. The number of para-hydroxylation sites is 1.